The number of halogens is 1. The summed E-state index contributed by atoms with van der Waals surface area (Å²) < 4.78 is 10.6. The van der Waals surface area contributed by atoms with Crippen molar-refractivity contribution in [1.82, 2.24) is 5.32 Å². The van der Waals surface area contributed by atoms with E-state index in [0.29, 0.717) is 5.88 Å². The molecule has 1 aromatic rings. The molecule has 0 aliphatic rings. The minimum absolute atomic E-state index is 0.0857. The van der Waals surface area contributed by atoms with Crippen LogP contribution in [0.15, 0.2) is 12.1 Å². The average Bonchev–Trinajstić information content (AvgIpc) is 2.31. The fourth-order valence-corrected chi connectivity index (χ4v) is 2.07. The fourth-order valence-electron chi connectivity index (χ4n) is 1.77. The van der Waals surface area contributed by atoms with E-state index in [4.69, 9.17) is 21.1 Å². The molecule has 0 aromatic heterocycles. The Morgan fingerprint density at radius 1 is 1.31 bits per heavy atom. The maximum absolute atomic E-state index is 5.93. The smallest absolute Gasteiger partial charge is 0.127 e. The van der Waals surface area contributed by atoms with Crippen LogP contribution >= 0.6 is 11.6 Å². The van der Waals surface area contributed by atoms with Gasteiger partial charge in [0.05, 0.1) is 14.2 Å². The lowest BCUT2D eigenvalue weighted by atomic mass is 10.0. The second-order valence-electron chi connectivity index (χ2n) is 3.56. The molecular weight excluding hydrogens is 226 g/mol. The summed E-state index contributed by atoms with van der Waals surface area (Å²) in [6.07, 6.45) is 0. The van der Waals surface area contributed by atoms with Crippen LogP contribution in [0, 0.1) is 6.92 Å². The van der Waals surface area contributed by atoms with Crippen molar-refractivity contribution in [2.75, 3.05) is 27.1 Å². The Morgan fingerprint density at radius 3 is 2.44 bits per heavy atom. The Hall–Kier alpha value is -0.930. The molecule has 0 amide bonds. The van der Waals surface area contributed by atoms with Crippen LogP contribution in [0.1, 0.15) is 17.2 Å². The van der Waals surface area contributed by atoms with Gasteiger partial charge in [0.15, 0.2) is 0 Å². The summed E-state index contributed by atoms with van der Waals surface area (Å²) in [6, 6.07) is 3.94. The molecule has 0 bridgehead atoms. The van der Waals surface area contributed by atoms with E-state index in [9.17, 15) is 0 Å². The summed E-state index contributed by atoms with van der Waals surface area (Å²) in [5.74, 6) is 2.10. The molecule has 16 heavy (non-hydrogen) atoms. The molecule has 1 aromatic carbocycles. The van der Waals surface area contributed by atoms with Crippen LogP contribution in [0.5, 0.6) is 11.5 Å². The first-order valence-electron chi connectivity index (χ1n) is 5.13. The highest BCUT2D eigenvalue weighted by Crippen LogP contribution is 2.33. The predicted molar refractivity (Wildman–Crippen MR) is 66.8 cm³/mol. The van der Waals surface area contributed by atoms with Gasteiger partial charge in [0.1, 0.15) is 11.5 Å². The van der Waals surface area contributed by atoms with Gasteiger partial charge in [0.2, 0.25) is 0 Å². The Bertz CT molecular complexity index is 351. The molecule has 1 unspecified atom stereocenters. The number of hydrogen-bond acceptors (Lipinski definition) is 3. The molecule has 0 radical (unpaired) electrons. The van der Waals surface area contributed by atoms with Gasteiger partial charge in [0.25, 0.3) is 0 Å². The molecule has 4 heteroatoms. The van der Waals surface area contributed by atoms with Crippen molar-refractivity contribution >= 4 is 11.6 Å². The first-order chi connectivity index (χ1) is 7.67. The highest BCUT2D eigenvalue weighted by atomic mass is 35.5. The zero-order chi connectivity index (χ0) is 12.1. The van der Waals surface area contributed by atoms with Crippen molar-refractivity contribution < 1.29 is 9.47 Å². The number of ether oxygens (including phenoxy) is 2. The van der Waals surface area contributed by atoms with E-state index in [1.807, 2.05) is 26.1 Å². The van der Waals surface area contributed by atoms with Crippen molar-refractivity contribution in [2.45, 2.75) is 13.0 Å². The van der Waals surface area contributed by atoms with Crippen LogP contribution in [0.4, 0.5) is 0 Å². The number of benzene rings is 1. The van der Waals surface area contributed by atoms with Gasteiger partial charge in [-0.1, -0.05) is 0 Å². The number of nitrogens with one attached hydrogen (secondary N) is 1. The Labute approximate surface area is 102 Å². The maximum Gasteiger partial charge on any atom is 0.127 e. The molecular formula is C12H18ClNO2. The lowest BCUT2D eigenvalue weighted by Crippen LogP contribution is -2.19. The van der Waals surface area contributed by atoms with Crippen molar-refractivity contribution in [1.29, 1.82) is 0 Å². The van der Waals surface area contributed by atoms with E-state index in [0.717, 1.165) is 22.6 Å². The molecule has 0 heterocycles. The first kappa shape index (κ1) is 13.1. The van der Waals surface area contributed by atoms with E-state index in [1.54, 1.807) is 14.2 Å². The molecule has 0 saturated carbocycles. The van der Waals surface area contributed by atoms with Gasteiger partial charge in [-0.2, -0.15) is 0 Å². The molecule has 0 fully saturated rings. The third kappa shape index (κ3) is 2.60. The second kappa shape index (κ2) is 5.97. The summed E-state index contributed by atoms with van der Waals surface area (Å²) in [6.45, 7) is 2.03. The van der Waals surface area contributed by atoms with E-state index in [1.165, 1.54) is 0 Å². The summed E-state index contributed by atoms with van der Waals surface area (Å²) in [7, 11) is 5.18. The Balaban J connectivity index is 3.25. The topological polar surface area (TPSA) is 30.5 Å². The average molecular weight is 244 g/mol. The summed E-state index contributed by atoms with van der Waals surface area (Å²) in [5.41, 5.74) is 2.19. The zero-order valence-corrected chi connectivity index (χ0v) is 10.9. The normalized spacial score (nSPS) is 12.3. The minimum atomic E-state index is 0.0857. The number of methoxy groups -OCH3 is 2. The van der Waals surface area contributed by atoms with Crippen LogP contribution in [0.2, 0.25) is 0 Å². The van der Waals surface area contributed by atoms with E-state index >= 15 is 0 Å². The van der Waals surface area contributed by atoms with Crippen molar-refractivity contribution in [3.63, 3.8) is 0 Å². The molecule has 0 aliphatic carbocycles. The van der Waals surface area contributed by atoms with Crippen LogP contribution in [0.3, 0.4) is 0 Å². The molecule has 3 nitrogen and oxygen atoms in total. The Morgan fingerprint density at radius 2 is 2.00 bits per heavy atom. The SMILES string of the molecule is CNC(CCl)c1c(C)cc(OC)cc1OC. The minimum Gasteiger partial charge on any atom is -0.497 e. The van der Waals surface area contributed by atoms with Crippen molar-refractivity contribution in [3.05, 3.63) is 23.3 Å². The lowest BCUT2D eigenvalue weighted by Gasteiger charge is -2.20. The van der Waals surface area contributed by atoms with Crippen LogP contribution in [0.25, 0.3) is 0 Å². The number of rotatable bonds is 5. The quantitative estimate of drug-likeness (QED) is 0.807. The monoisotopic (exact) mass is 243 g/mol. The summed E-state index contributed by atoms with van der Waals surface area (Å²) >= 11 is 5.93. The molecule has 1 N–H and O–H groups in total. The highest BCUT2D eigenvalue weighted by Gasteiger charge is 2.17. The summed E-state index contributed by atoms with van der Waals surface area (Å²) in [4.78, 5) is 0. The molecule has 1 rings (SSSR count). The highest BCUT2D eigenvalue weighted by molar-refractivity contribution is 6.18. The third-order valence-corrected chi connectivity index (χ3v) is 2.94. The van der Waals surface area contributed by atoms with E-state index < -0.39 is 0 Å². The largest absolute Gasteiger partial charge is 0.497 e. The molecule has 0 aliphatic heterocycles. The van der Waals surface area contributed by atoms with Crippen molar-refractivity contribution in [2.24, 2.45) is 0 Å². The van der Waals surface area contributed by atoms with E-state index in [2.05, 4.69) is 5.32 Å². The summed E-state index contributed by atoms with van der Waals surface area (Å²) in [5, 5.41) is 3.17. The van der Waals surface area contributed by atoms with Gasteiger partial charge in [0, 0.05) is 23.6 Å². The van der Waals surface area contributed by atoms with E-state index in [-0.39, 0.29) is 6.04 Å². The van der Waals surface area contributed by atoms with Crippen LogP contribution < -0.4 is 14.8 Å². The van der Waals surface area contributed by atoms with Crippen LogP contribution in [-0.2, 0) is 0 Å². The fraction of sp³-hybridized carbons (Fsp3) is 0.500. The number of aryl methyl sites for hydroxylation is 1. The maximum atomic E-state index is 5.93. The van der Waals surface area contributed by atoms with Gasteiger partial charge >= 0.3 is 0 Å². The molecule has 90 valence electrons. The van der Waals surface area contributed by atoms with Gasteiger partial charge < -0.3 is 14.8 Å². The molecule has 0 spiro atoms. The zero-order valence-electron chi connectivity index (χ0n) is 10.1. The third-order valence-electron chi connectivity index (χ3n) is 2.63. The standard InChI is InChI=1S/C12H18ClNO2/c1-8-5-9(15-3)6-11(16-4)12(8)10(7-13)14-2/h5-6,10,14H,7H2,1-4H3. The van der Waals surface area contributed by atoms with Gasteiger partial charge in [-0.25, -0.2) is 0 Å². The molecule has 0 saturated heterocycles. The van der Waals surface area contributed by atoms with Gasteiger partial charge in [-0.05, 0) is 25.6 Å². The van der Waals surface area contributed by atoms with Crippen molar-refractivity contribution in [3.8, 4) is 11.5 Å². The number of alkyl halides is 1. The Kier molecular flexibility index (Phi) is 4.90. The second-order valence-corrected chi connectivity index (χ2v) is 3.86. The molecule has 1 atom stereocenters. The van der Waals surface area contributed by atoms with Crippen LogP contribution in [-0.4, -0.2) is 27.1 Å². The predicted octanol–water partition coefficient (Wildman–Crippen LogP) is 2.51. The van der Waals surface area contributed by atoms with Gasteiger partial charge in [-0.15, -0.1) is 11.6 Å². The lowest BCUT2D eigenvalue weighted by molar-refractivity contribution is 0.386. The first-order valence-corrected chi connectivity index (χ1v) is 5.67. The van der Waals surface area contributed by atoms with Gasteiger partial charge in [-0.3, -0.25) is 0 Å². The number of hydrogen-bond donors (Lipinski definition) is 1.